The minimum absolute atomic E-state index is 0.345. The summed E-state index contributed by atoms with van der Waals surface area (Å²) in [6.07, 6.45) is 5.23. The molecule has 3 N–H and O–H groups in total. The van der Waals surface area contributed by atoms with Gasteiger partial charge in [0.1, 0.15) is 0 Å². The molecule has 3 aromatic rings. The van der Waals surface area contributed by atoms with Crippen LogP contribution in [0.4, 0.5) is 5.95 Å². The van der Waals surface area contributed by atoms with Gasteiger partial charge >= 0.3 is 0 Å². The van der Waals surface area contributed by atoms with E-state index in [-0.39, 0.29) is 0 Å². The average molecular weight is 362 g/mol. The van der Waals surface area contributed by atoms with E-state index in [9.17, 15) is 4.79 Å². The van der Waals surface area contributed by atoms with Gasteiger partial charge in [-0.05, 0) is 23.5 Å². The highest BCUT2D eigenvalue weighted by molar-refractivity contribution is 5.92. The van der Waals surface area contributed by atoms with Gasteiger partial charge in [-0.3, -0.25) is 4.79 Å². The van der Waals surface area contributed by atoms with E-state index < -0.39 is 5.91 Å². The van der Waals surface area contributed by atoms with Gasteiger partial charge in [0.05, 0.1) is 5.56 Å². The predicted octanol–water partition coefficient (Wildman–Crippen LogP) is 1.29. The molecule has 2 aliphatic rings. The quantitative estimate of drug-likeness (QED) is 0.714. The lowest BCUT2D eigenvalue weighted by atomic mass is 10.2. The molecule has 138 valence electrons. The summed E-state index contributed by atoms with van der Waals surface area (Å²) >= 11 is 0. The molecule has 2 aromatic heterocycles. The van der Waals surface area contributed by atoms with Gasteiger partial charge < -0.3 is 20.5 Å². The van der Waals surface area contributed by atoms with E-state index in [1.54, 1.807) is 0 Å². The summed E-state index contributed by atoms with van der Waals surface area (Å²) in [6, 6.07) is 9.09. The van der Waals surface area contributed by atoms with E-state index in [1.165, 1.54) is 28.9 Å². The lowest BCUT2D eigenvalue weighted by molar-refractivity contribution is 0.0999. The molecule has 1 amide bonds. The first-order valence-electron chi connectivity index (χ1n) is 9.25. The summed E-state index contributed by atoms with van der Waals surface area (Å²) < 4.78 is 2.19. The molecule has 1 aliphatic carbocycles. The number of fused-ring (bicyclic) bond motifs is 2. The molecule has 1 saturated heterocycles. The monoisotopic (exact) mass is 362 g/mol. The Hall–Kier alpha value is -2.93. The van der Waals surface area contributed by atoms with Crippen molar-refractivity contribution < 1.29 is 4.79 Å². The number of nitrogens with one attached hydrogen (secondary N) is 1. The van der Waals surface area contributed by atoms with Gasteiger partial charge in [0.25, 0.3) is 5.91 Å². The second kappa shape index (κ2) is 6.06. The van der Waals surface area contributed by atoms with Crippen LogP contribution < -0.4 is 16.0 Å². The number of carbonyl (C=O) groups is 1. The molecule has 27 heavy (non-hydrogen) atoms. The van der Waals surface area contributed by atoms with Crippen LogP contribution in [0.5, 0.6) is 0 Å². The fraction of sp³-hybridized carbons (Fsp3) is 0.350. The van der Waals surface area contributed by atoms with Crippen molar-refractivity contribution in [2.24, 2.45) is 24.6 Å². The molecule has 5 rings (SSSR count). The second-order valence-electron chi connectivity index (χ2n) is 7.56. The molecule has 7 heteroatoms. The van der Waals surface area contributed by atoms with Crippen molar-refractivity contribution in [2.75, 3.05) is 18.0 Å². The Morgan fingerprint density at radius 1 is 1.22 bits per heavy atom. The van der Waals surface area contributed by atoms with Crippen molar-refractivity contribution >= 4 is 22.8 Å². The molecular weight excluding hydrogens is 340 g/mol. The first-order chi connectivity index (χ1) is 13.1. The summed E-state index contributed by atoms with van der Waals surface area (Å²) in [4.78, 5) is 21.9. The van der Waals surface area contributed by atoms with E-state index >= 15 is 0 Å². The Morgan fingerprint density at radius 3 is 2.63 bits per heavy atom. The maximum absolute atomic E-state index is 11.1. The van der Waals surface area contributed by atoms with Gasteiger partial charge in [-0.1, -0.05) is 18.2 Å². The standard InChI is InChI=1S/C20H22N6O/c1-25-9-13(14-4-2-3-5-17(14)25)8-22-18-15-10-26(11-16(15)18)20-23-6-12(7-24-20)19(21)27/h2-7,9,15-16,18,22H,8,10-11H2,1H3,(H2,21,27). The van der Waals surface area contributed by atoms with Crippen LogP contribution >= 0.6 is 0 Å². The van der Waals surface area contributed by atoms with Crippen molar-refractivity contribution in [1.82, 2.24) is 19.9 Å². The number of anilines is 1. The Kier molecular flexibility index (Phi) is 3.65. The fourth-order valence-corrected chi connectivity index (χ4v) is 4.40. The molecule has 1 aromatic carbocycles. The second-order valence-corrected chi connectivity index (χ2v) is 7.56. The van der Waals surface area contributed by atoms with Gasteiger partial charge in [-0.2, -0.15) is 0 Å². The lowest BCUT2D eigenvalue weighted by Gasteiger charge is -2.20. The average Bonchev–Trinajstić information content (AvgIpc) is 3.02. The van der Waals surface area contributed by atoms with Crippen molar-refractivity contribution in [1.29, 1.82) is 0 Å². The number of aromatic nitrogens is 3. The van der Waals surface area contributed by atoms with Crippen molar-refractivity contribution in [3.8, 4) is 0 Å². The SMILES string of the molecule is Cn1cc(CNC2C3CN(c4ncc(C(N)=O)cn4)CC32)c2ccccc21. The zero-order valence-electron chi connectivity index (χ0n) is 15.2. The van der Waals surface area contributed by atoms with E-state index in [1.807, 2.05) is 0 Å². The first-order valence-corrected chi connectivity index (χ1v) is 9.25. The van der Waals surface area contributed by atoms with Gasteiger partial charge in [0, 0.05) is 62.2 Å². The van der Waals surface area contributed by atoms with Crippen molar-refractivity contribution in [3.63, 3.8) is 0 Å². The Labute approximate surface area is 157 Å². The van der Waals surface area contributed by atoms with Crippen molar-refractivity contribution in [3.05, 3.63) is 54.0 Å². The molecule has 1 saturated carbocycles. The third kappa shape index (κ3) is 2.75. The van der Waals surface area contributed by atoms with Crippen LogP contribution in [-0.4, -0.2) is 39.6 Å². The Balaban J connectivity index is 1.20. The number of nitrogens with zero attached hydrogens (tertiary/aromatic N) is 4. The van der Waals surface area contributed by atoms with Crippen LogP contribution in [0, 0.1) is 11.8 Å². The van der Waals surface area contributed by atoms with E-state index in [0.717, 1.165) is 19.6 Å². The summed E-state index contributed by atoms with van der Waals surface area (Å²) in [5.74, 6) is 1.46. The van der Waals surface area contributed by atoms with Gasteiger partial charge in [-0.15, -0.1) is 0 Å². The third-order valence-corrected chi connectivity index (χ3v) is 5.91. The van der Waals surface area contributed by atoms with Gasteiger partial charge in [0.2, 0.25) is 5.95 Å². The molecule has 3 heterocycles. The Morgan fingerprint density at radius 2 is 1.93 bits per heavy atom. The minimum Gasteiger partial charge on any atom is -0.366 e. The molecule has 7 nitrogen and oxygen atoms in total. The summed E-state index contributed by atoms with van der Waals surface area (Å²) in [7, 11) is 2.10. The highest BCUT2D eigenvalue weighted by atomic mass is 16.1. The van der Waals surface area contributed by atoms with E-state index in [2.05, 4.69) is 62.3 Å². The minimum atomic E-state index is -0.497. The molecule has 0 spiro atoms. The number of hydrogen-bond donors (Lipinski definition) is 2. The number of benzene rings is 1. The number of aryl methyl sites for hydroxylation is 1. The van der Waals surface area contributed by atoms with Crippen LogP contribution in [0.2, 0.25) is 0 Å². The molecule has 2 unspecified atom stereocenters. The maximum Gasteiger partial charge on any atom is 0.251 e. The van der Waals surface area contributed by atoms with Crippen molar-refractivity contribution in [2.45, 2.75) is 12.6 Å². The number of para-hydroxylation sites is 1. The summed E-state index contributed by atoms with van der Waals surface area (Å²) in [5, 5.41) is 5.06. The largest absolute Gasteiger partial charge is 0.366 e. The third-order valence-electron chi connectivity index (χ3n) is 5.91. The lowest BCUT2D eigenvalue weighted by Crippen LogP contribution is -2.32. The van der Waals surface area contributed by atoms with Crippen LogP contribution in [0.3, 0.4) is 0 Å². The normalized spacial score (nSPS) is 23.6. The summed E-state index contributed by atoms with van der Waals surface area (Å²) in [6.45, 7) is 2.80. The smallest absolute Gasteiger partial charge is 0.251 e. The molecule has 0 bridgehead atoms. The van der Waals surface area contributed by atoms with Crippen LogP contribution in [-0.2, 0) is 13.6 Å². The molecule has 0 radical (unpaired) electrons. The Bertz CT molecular complexity index is 999. The maximum atomic E-state index is 11.1. The number of amides is 1. The highest BCUT2D eigenvalue weighted by Gasteiger charge is 2.55. The van der Waals surface area contributed by atoms with Crippen LogP contribution in [0.1, 0.15) is 15.9 Å². The molecule has 1 aliphatic heterocycles. The molecular formula is C20H22N6O. The number of primary amides is 1. The number of rotatable bonds is 5. The zero-order valence-corrected chi connectivity index (χ0v) is 15.2. The van der Waals surface area contributed by atoms with Gasteiger partial charge in [0.15, 0.2) is 0 Å². The topological polar surface area (TPSA) is 89.1 Å². The van der Waals surface area contributed by atoms with Crippen LogP contribution in [0.25, 0.3) is 10.9 Å². The molecule has 2 fully saturated rings. The number of nitrogens with two attached hydrogens (primary N) is 1. The highest BCUT2D eigenvalue weighted by Crippen LogP contribution is 2.46. The van der Waals surface area contributed by atoms with E-state index in [0.29, 0.717) is 29.4 Å². The number of carbonyl (C=O) groups excluding carboxylic acids is 1. The first kappa shape index (κ1) is 16.3. The summed E-state index contributed by atoms with van der Waals surface area (Å²) in [5.41, 5.74) is 8.20. The van der Waals surface area contributed by atoms with Crippen LogP contribution in [0.15, 0.2) is 42.9 Å². The predicted molar refractivity (Wildman–Crippen MR) is 103 cm³/mol. The molecule has 2 atom stereocenters. The zero-order chi connectivity index (χ0) is 18.5. The fourth-order valence-electron chi connectivity index (χ4n) is 4.40. The number of hydrogen-bond acceptors (Lipinski definition) is 5. The number of piperidine rings is 1. The van der Waals surface area contributed by atoms with E-state index in [4.69, 9.17) is 5.73 Å². The van der Waals surface area contributed by atoms with Gasteiger partial charge in [-0.25, -0.2) is 9.97 Å².